The number of unbranched alkanes of at least 4 members (excludes halogenated alkanes) is 1. The second-order valence-electron chi connectivity index (χ2n) is 7.71. The second kappa shape index (κ2) is 8.34. The van der Waals surface area contributed by atoms with Gasteiger partial charge in [-0.15, -0.1) is 0 Å². The maximum absolute atomic E-state index is 13.3. The molecule has 0 bridgehead atoms. The van der Waals surface area contributed by atoms with Gasteiger partial charge in [-0.25, -0.2) is 0 Å². The smallest absolute Gasteiger partial charge is 0.258 e. The fourth-order valence-electron chi connectivity index (χ4n) is 4.22. The highest BCUT2D eigenvalue weighted by Gasteiger charge is 2.32. The monoisotopic (exact) mass is 403 g/mol. The standard InChI is InChI=1S/C24H25N3O3/c25-13-6-5-11-19(26)20(28)12-14-27-22-16-8-2-3-9-17(16)23(29)21(22)15-7-1-4-10-18(15)24(27)30/h1-4,7-10,19H,5-6,11-14,25-26H2/t19-/m1/s1. The Labute approximate surface area is 174 Å². The van der Waals surface area contributed by atoms with E-state index in [0.29, 0.717) is 40.6 Å². The van der Waals surface area contributed by atoms with E-state index in [2.05, 4.69) is 0 Å². The second-order valence-corrected chi connectivity index (χ2v) is 7.71. The molecule has 0 unspecified atom stereocenters. The molecule has 0 spiro atoms. The maximum atomic E-state index is 13.3. The molecule has 2 aromatic carbocycles. The zero-order chi connectivity index (χ0) is 21.3. The van der Waals surface area contributed by atoms with Gasteiger partial charge in [-0.3, -0.25) is 14.4 Å². The number of fused-ring (bicyclic) bond motifs is 5. The number of ketones is 2. The van der Waals surface area contributed by atoms with E-state index in [-0.39, 0.29) is 30.1 Å². The molecule has 1 aliphatic rings. The van der Waals surface area contributed by atoms with Crippen LogP contribution in [0.15, 0.2) is 53.3 Å². The molecule has 0 fully saturated rings. The van der Waals surface area contributed by atoms with E-state index in [1.165, 1.54) is 0 Å². The van der Waals surface area contributed by atoms with Crippen LogP contribution in [-0.4, -0.2) is 28.7 Å². The van der Waals surface area contributed by atoms with Gasteiger partial charge in [-0.1, -0.05) is 48.9 Å². The summed E-state index contributed by atoms with van der Waals surface area (Å²) in [4.78, 5) is 39.0. The van der Waals surface area contributed by atoms with Crippen molar-refractivity contribution in [3.63, 3.8) is 0 Å². The third-order valence-corrected chi connectivity index (χ3v) is 5.80. The van der Waals surface area contributed by atoms with Crippen molar-refractivity contribution in [2.24, 2.45) is 11.5 Å². The topological polar surface area (TPSA) is 108 Å². The first-order chi connectivity index (χ1) is 14.5. The van der Waals surface area contributed by atoms with Crippen LogP contribution >= 0.6 is 0 Å². The molecule has 0 saturated heterocycles. The lowest BCUT2D eigenvalue weighted by molar-refractivity contribution is -0.120. The minimum Gasteiger partial charge on any atom is -0.330 e. The number of aromatic nitrogens is 1. The van der Waals surface area contributed by atoms with Crippen molar-refractivity contribution in [2.45, 2.75) is 38.3 Å². The molecule has 0 radical (unpaired) electrons. The van der Waals surface area contributed by atoms with Gasteiger partial charge in [0, 0.05) is 34.9 Å². The van der Waals surface area contributed by atoms with E-state index < -0.39 is 6.04 Å². The Morgan fingerprint density at radius 1 is 0.933 bits per heavy atom. The predicted octanol–water partition coefficient (Wildman–Crippen LogP) is 2.63. The van der Waals surface area contributed by atoms with Crippen LogP contribution in [0.3, 0.4) is 0 Å². The Hall–Kier alpha value is -3.09. The van der Waals surface area contributed by atoms with Crippen LogP contribution < -0.4 is 17.0 Å². The molecule has 30 heavy (non-hydrogen) atoms. The van der Waals surface area contributed by atoms with Crippen LogP contribution in [-0.2, 0) is 11.3 Å². The number of pyridine rings is 1. The van der Waals surface area contributed by atoms with Gasteiger partial charge in [0.15, 0.2) is 11.6 Å². The van der Waals surface area contributed by atoms with Gasteiger partial charge in [-0.05, 0) is 25.5 Å². The Morgan fingerprint density at radius 3 is 2.33 bits per heavy atom. The van der Waals surface area contributed by atoms with Crippen molar-refractivity contribution >= 4 is 22.3 Å². The number of carbonyl (C=O) groups is 2. The zero-order valence-corrected chi connectivity index (χ0v) is 16.8. The number of nitrogens with zero attached hydrogens (tertiary/aromatic N) is 1. The molecule has 0 saturated carbocycles. The van der Waals surface area contributed by atoms with Gasteiger partial charge in [0.2, 0.25) is 0 Å². The van der Waals surface area contributed by atoms with Gasteiger partial charge in [0.1, 0.15) is 0 Å². The lowest BCUT2D eigenvalue weighted by atomic mass is 10.0. The SMILES string of the molecule is NCCCC[C@@H](N)C(=O)CCn1c2c(c3ccccc3c1=O)C(=O)c1ccccc1-2. The largest absolute Gasteiger partial charge is 0.330 e. The number of Topliss-reactive ketones (excluding diaryl/α,β-unsaturated/α-hetero) is 1. The third-order valence-electron chi connectivity index (χ3n) is 5.80. The normalized spacial score (nSPS) is 13.3. The first kappa shape index (κ1) is 20.2. The summed E-state index contributed by atoms with van der Waals surface area (Å²) in [5.41, 5.74) is 13.8. The summed E-state index contributed by atoms with van der Waals surface area (Å²) >= 11 is 0. The number of benzene rings is 2. The maximum Gasteiger partial charge on any atom is 0.258 e. The van der Waals surface area contributed by atoms with Crippen LogP contribution in [0, 0.1) is 0 Å². The molecule has 6 heteroatoms. The first-order valence-corrected chi connectivity index (χ1v) is 10.3. The summed E-state index contributed by atoms with van der Waals surface area (Å²) in [6.45, 7) is 0.768. The highest BCUT2D eigenvalue weighted by atomic mass is 16.1. The number of hydrogen-bond acceptors (Lipinski definition) is 5. The van der Waals surface area contributed by atoms with E-state index in [0.717, 1.165) is 18.4 Å². The highest BCUT2D eigenvalue weighted by Crippen LogP contribution is 2.39. The minimum absolute atomic E-state index is 0.0848. The van der Waals surface area contributed by atoms with Gasteiger partial charge in [0.05, 0.1) is 17.3 Å². The van der Waals surface area contributed by atoms with Crippen molar-refractivity contribution in [3.05, 3.63) is 70.0 Å². The van der Waals surface area contributed by atoms with E-state index in [4.69, 9.17) is 11.5 Å². The van der Waals surface area contributed by atoms with Gasteiger partial charge in [-0.2, -0.15) is 0 Å². The van der Waals surface area contributed by atoms with Crippen LogP contribution in [0.5, 0.6) is 0 Å². The molecule has 6 nitrogen and oxygen atoms in total. The molecule has 1 aliphatic carbocycles. The molecule has 1 heterocycles. The van der Waals surface area contributed by atoms with Crippen LogP contribution in [0.2, 0.25) is 0 Å². The van der Waals surface area contributed by atoms with Gasteiger partial charge in [0.25, 0.3) is 5.56 Å². The third kappa shape index (κ3) is 3.38. The van der Waals surface area contributed by atoms with Crippen LogP contribution in [0.4, 0.5) is 0 Å². The molecule has 3 aromatic rings. The molecule has 1 aromatic heterocycles. The number of hydrogen-bond donors (Lipinski definition) is 2. The quantitative estimate of drug-likeness (QED) is 0.440. The molecule has 1 atom stereocenters. The lowest BCUT2D eigenvalue weighted by Crippen LogP contribution is -2.32. The fraction of sp³-hybridized carbons (Fsp3) is 0.292. The summed E-state index contributed by atoms with van der Waals surface area (Å²) in [5, 5.41) is 1.14. The van der Waals surface area contributed by atoms with Crippen molar-refractivity contribution in [1.82, 2.24) is 4.57 Å². The lowest BCUT2D eigenvalue weighted by Gasteiger charge is -2.16. The number of carbonyl (C=O) groups excluding carboxylic acids is 2. The van der Waals surface area contributed by atoms with E-state index >= 15 is 0 Å². The van der Waals surface area contributed by atoms with Crippen LogP contribution in [0.25, 0.3) is 22.0 Å². The van der Waals surface area contributed by atoms with Crippen molar-refractivity contribution in [1.29, 1.82) is 0 Å². The number of nitrogens with two attached hydrogens (primary N) is 2. The van der Waals surface area contributed by atoms with Crippen molar-refractivity contribution in [2.75, 3.05) is 6.54 Å². The van der Waals surface area contributed by atoms with Crippen LogP contribution in [0.1, 0.15) is 41.6 Å². The summed E-state index contributed by atoms with van der Waals surface area (Å²) in [6, 6.07) is 13.9. The van der Waals surface area contributed by atoms with E-state index in [1.807, 2.05) is 30.3 Å². The summed E-state index contributed by atoms with van der Waals surface area (Å²) in [6.07, 6.45) is 2.36. The minimum atomic E-state index is -0.560. The molecule has 154 valence electrons. The number of rotatable bonds is 8. The molecule has 0 amide bonds. The van der Waals surface area contributed by atoms with E-state index in [1.54, 1.807) is 22.8 Å². The first-order valence-electron chi connectivity index (χ1n) is 10.3. The molecule has 4 rings (SSSR count). The van der Waals surface area contributed by atoms with Gasteiger partial charge < -0.3 is 16.0 Å². The summed E-state index contributed by atoms with van der Waals surface area (Å²) in [5.74, 6) is -0.172. The van der Waals surface area contributed by atoms with Crippen molar-refractivity contribution < 1.29 is 9.59 Å². The van der Waals surface area contributed by atoms with Crippen molar-refractivity contribution in [3.8, 4) is 11.3 Å². The Bertz CT molecular complexity index is 1200. The average molecular weight is 403 g/mol. The Kier molecular flexibility index (Phi) is 5.61. The Morgan fingerprint density at radius 2 is 1.60 bits per heavy atom. The molecule has 4 N–H and O–H groups in total. The zero-order valence-electron chi connectivity index (χ0n) is 16.8. The summed E-state index contributed by atoms with van der Waals surface area (Å²) < 4.78 is 1.58. The highest BCUT2D eigenvalue weighted by molar-refractivity contribution is 6.26. The predicted molar refractivity (Wildman–Crippen MR) is 118 cm³/mol. The molecular formula is C24H25N3O3. The van der Waals surface area contributed by atoms with E-state index in [9.17, 15) is 14.4 Å². The average Bonchev–Trinajstić information content (AvgIpc) is 3.06. The molecule has 0 aliphatic heterocycles. The Balaban J connectivity index is 1.75. The van der Waals surface area contributed by atoms with Gasteiger partial charge >= 0.3 is 0 Å². The molecular weight excluding hydrogens is 378 g/mol. The fourth-order valence-corrected chi connectivity index (χ4v) is 4.22. The summed E-state index contributed by atoms with van der Waals surface area (Å²) in [7, 11) is 0.